The first-order valence-corrected chi connectivity index (χ1v) is 6.58. The van der Waals surface area contributed by atoms with E-state index in [1.165, 1.54) is 12.4 Å². The first-order valence-electron chi connectivity index (χ1n) is 3.95. The topological polar surface area (TPSA) is 75.5 Å². The average Bonchev–Trinajstić information content (AvgIpc) is 2.02. The maximum absolute atomic E-state index is 8.85. The Bertz CT molecular complexity index is 348. The number of aromatic nitrogens is 2. The standard InChI is InChI=1S/C7H11N2O3PS/c1-5(2)7-8-3-6(4-9-7)12-13(10,11)14/h3-5H,1-2H3,(H2,10,11,14). The van der Waals surface area contributed by atoms with Crippen molar-refractivity contribution in [2.45, 2.75) is 19.8 Å². The summed E-state index contributed by atoms with van der Waals surface area (Å²) in [6.45, 7) is 0.240. The van der Waals surface area contributed by atoms with Crippen LogP contribution in [0.5, 0.6) is 5.75 Å². The predicted octanol–water partition coefficient (Wildman–Crippen LogP) is 1.19. The molecule has 1 aromatic heterocycles. The Morgan fingerprint density at radius 3 is 2.21 bits per heavy atom. The van der Waals surface area contributed by atoms with Gasteiger partial charge in [0.05, 0.1) is 12.4 Å². The lowest BCUT2D eigenvalue weighted by Gasteiger charge is -2.09. The van der Waals surface area contributed by atoms with Gasteiger partial charge in [-0.2, -0.15) is 0 Å². The second kappa shape index (κ2) is 4.31. The molecule has 0 saturated heterocycles. The van der Waals surface area contributed by atoms with Gasteiger partial charge in [-0.15, -0.1) is 0 Å². The van der Waals surface area contributed by atoms with E-state index in [4.69, 9.17) is 9.79 Å². The molecule has 0 radical (unpaired) electrons. The Morgan fingerprint density at radius 1 is 1.36 bits per heavy atom. The zero-order valence-electron chi connectivity index (χ0n) is 7.78. The van der Waals surface area contributed by atoms with Crippen LogP contribution in [0.15, 0.2) is 12.4 Å². The highest BCUT2D eigenvalue weighted by molar-refractivity contribution is 8.06. The van der Waals surface area contributed by atoms with Crippen LogP contribution in [-0.4, -0.2) is 19.8 Å². The van der Waals surface area contributed by atoms with Crippen molar-refractivity contribution in [1.29, 1.82) is 0 Å². The summed E-state index contributed by atoms with van der Waals surface area (Å²) < 4.78 is 4.65. The van der Waals surface area contributed by atoms with Crippen molar-refractivity contribution in [3.63, 3.8) is 0 Å². The second-order valence-corrected chi connectivity index (χ2v) is 5.60. The van der Waals surface area contributed by atoms with Crippen LogP contribution in [0.4, 0.5) is 0 Å². The molecule has 0 amide bonds. The Balaban J connectivity index is 2.79. The van der Waals surface area contributed by atoms with Crippen LogP contribution in [-0.2, 0) is 11.8 Å². The van der Waals surface area contributed by atoms with Crippen molar-refractivity contribution in [1.82, 2.24) is 9.97 Å². The summed E-state index contributed by atoms with van der Waals surface area (Å²) >= 11 is 4.30. The molecule has 0 unspecified atom stereocenters. The summed E-state index contributed by atoms with van der Waals surface area (Å²) in [6.07, 6.45) is 2.74. The fourth-order valence-corrected chi connectivity index (χ4v) is 1.44. The second-order valence-electron chi connectivity index (χ2n) is 3.01. The molecule has 0 aromatic carbocycles. The summed E-state index contributed by atoms with van der Waals surface area (Å²) in [5.74, 6) is 1.06. The van der Waals surface area contributed by atoms with Gasteiger partial charge in [0.25, 0.3) is 0 Å². The van der Waals surface area contributed by atoms with Crippen molar-refractivity contribution in [2.75, 3.05) is 0 Å². The zero-order valence-corrected chi connectivity index (χ0v) is 9.50. The van der Waals surface area contributed by atoms with Gasteiger partial charge in [-0.25, -0.2) is 9.97 Å². The molecular formula is C7H11N2O3PS. The Labute approximate surface area is 87.0 Å². The van der Waals surface area contributed by atoms with Crippen LogP contribution in [0.25, 0.3) is 0 Å². The molecule has 0 saturated carbocycles. The highest BCUT2D eigenvalue weighted by Crippen LogP contribution is 2.37. The summed E-state index contributed by atoms with van der Waals surface area (Å²) in [5.41, 5.74) is 0. The summed E-state index contributed by atoms with van der Waals surface area (Å²) in [4.78, 5) is 25.7. The van der Waals surface area contributed by atoms with E-state index in [1.54, 1.807) is 0 Å². The summed E-state index contributed by atoms with van der Waals surface area (Å²) in [7, 11) is 0. The lowest BCUT2D eigenvalue weighted by molar-refractivity contribution is 0.369. The van der Waals surface area contributed by atoms with Gasteiger partial charge in [-0.1, -0.05) is 13.8 Å². The van der Waals surface area contributed by atoms with Crippen LogP contribution < -0.4 is 4.52 Å². The smallest absolute Gasteiger partial charge is 0.375 e. The SMILES string of the molecule is CC(C)c1ncc(OP(O)(O)=S)cn1. The molecule has 0 spiro atoms. The van der Waals surface area contributed by atoms with Crippen molar-refractivity contribution in [3.05, 3.63) is 18.2 Å². The Hall–Kier alpha value is -0.550. The Morgan fingerprint density at radius 2 is 1.86 bits per heavy atom. The van der Waals surface area contributed by atoms with Crippen molar-refractivity contribution in [2.24, 2.45) is 0 Å². The van der Waals surface area contributed by atoms with E-state index in [2.05, 4.69) is 26.3 Å². The van der Waals surface area contributed by atoms with E-state index in [-0.39, 0.29) is 11.7 Å². The molecular weight excluding hydrogens is 223 g/mol. The third-order valence-electron chi connectivity index (χ3n) is 1.39. The lowest BCUT2D eigenvalue weighted by Crippen LogP contribution is -1.98. The van der Waals surface area contributed by atoms with Crippen LogP contribution >= 0.6 is 6.72 Å². The molecule has 0 aliphatic rings. The largest absolute Gasteiger partial charge is 0.421 e. The van der Waals surface area contributed by atoms with Crippen molar-refractivity contribution < 1.29 is 14.3 Å². The molecule has 7 heteroatoms. The minimum absolute atomic E-state index is 0.169. The first-order chi connectivity index (χ1) is 6.38. The maximum Gasteiger partial charge on any atom is 0.375 e. The fraction of sp³-hybridized carbons (Fsp3) is 0.429. The number of nitrogens with zero attached hydrogens (tertiary/aromatic N) is 2. The third kappa shape index (κ3) is 3.67. The van der Waals surface area contributed by atoms with Crippen LogP contribution in [0.2, 0.25) is 0 Å². The zero-order chi connectivity index (χ0) is 10.8. The highest BCUT2D eigenvalue weighted by Gasteiger charge is 2.11. The van der Waals surface area contributed by atoms with E-state index in [0.717, 1.165) is 0 Å². The van der Waals surface area contributed by atoms with Gasteiger partial charge >= 0.3 is 6.72 Å². The van der Waals surface area contributed by atoms with E-state index >= 15 is 0 Å². The molecule has 1 rings (SSSR count). The molecule has 2 N–H and O–H groups in total. The van der Waals surface area contributed by atoms with E-state index in [1.807, 2.05) is 13.8 Å². The average molecular weight is 234 g/mol. The minimum atomic E-state index is -3.67. The summed E-state index contributed by atoms with van der Waals surface area (Å²) in [5, 5.41) is 0. The maximum atomic E-state index is 8.85. The van der Waals surface area contributed by atoms with Crippen molar-refractivity contribution >= 4 is 18.5 Å². The van der Waals surface area contributed by atoms with Crippen LogP contribution in [0, 0.1) is 0 Å². The molecule has 0 fully saturated rings. The fourth-order valence-electron chi connectivity index (χ4n) is 0.809. The van der Waals surface area contributed by atoms with E-state index < -0.39 is 6.72 Å². The third-order valence-corrected chi connectivity index (χ3v) is 2.06. The molecule has 0 bridgehead atoms. The van der Waals surface area contributed by atoms with Gasteiger partial charge in [0, 0.05) is 17.7 Å². The predicted molar refractivity (Wildman–Crippen MR) is 55.5 cm³/mol. The molecule has 0 aliphatic heterocycles. The Kier molecular flexibility index (Phi) is 3.55. The van der Waals surface area contributed by atoms with Gasteiger partial charge < -0.3 is 14.3 Å². The van der Waals surface area contributed by atoms with Gasteiger partial charge in [-0.3, -0.25) is 0 Å². The number of hydrogen-bond acceptors (Lipinski definition) is 4. The molecule has 5 nitrogen and oxygen atoms in total. The molecule has 0 aliphatic carbocycles. The quantitative estimate of drug-likeness (QED) is 0.765. The monoisotopic (exact) mass is 234 g/mol. The molecule has 1 heterocycles. The molecule has 0 atom stereocenters. The van der Waals surface area contributed by atoms with Gasteiger partial charge in [0.1, 0.15) is 5.82 Å². The van der Waals surface area contributed by atoms with Gasteiger partial charge in [-0.05, 0) is 0 Å². The molecule has 78 valence electrons. The molecule has 14 heavy (non-hydrogen) atoms. The lowest BCUT2D eigenvalue weighted by atomic mass is 10.2. The van der Waals surface area contributed by atoms with Gasteiger partial charge in [0.15, 0.2) is 5.75 Å². The minimum Gasteiger partial charge on any atom is -0.421 e. The highest BCUT2D eigenvalue weighted by atomic mass is 32.5. The van der Waals surface area contributed by atoms with E-state index in [0.29, 0.717) is 5.82 Å². The van der Waals surface area contributed by atoms with Gasteiger partial charge in [0.2, 0.25) is 0 Å². The number of hydrogen-bond donors (Lipinski definition) is 2. The van der Waals surface area contributed by atoms with Crippen LogP contribution in [0.3, 0.4) is 0 Å². The first kappa shape index (κ1) is 11.5. The van der Waals surface area contributed by atoms with Crippen molar-refractivity contribution in [3.8, 4) is 5.75 Å². The summed E-state index contributed by atoms with van der Waals surface area (Å²) in [6, 6.07) is 0. The normalized spacial score (nSPS) is 11.8. The van der Waals surface area contributed by atoms with E-state index in [9.17, 15) is 0 Å². The number of rotatable bonds is 3. The van der Waals surface area contributed by atoms with Crippen LogP contribution in [0.1, 0.15) is 25.6 Å². The molecule has 1 aromatic rings.